The zero-order chi connectivity index (χ0) is 15.9. The summed E-state index contributed by atoms with van der Waals surface area (Å²) in [5, 5.41) is 13.4. The van der Waals surface area contributed by atoms with E-state index >= 15 is 0 Å². The highest BCUT2D eigenvalue weighted by Gasteiger charge is 2.12. The molecule has 5 nitrogen and oxygen atoms in total. The van der Waals surface area contributed by atoms with Crippen molar-refractivity contribution in [3.8, 4) is 5.88 Å². The van der Waals surface area contributed by atoms with Gasteiger partial charge < -0.3 is 15.2 Å². The first-order chi connectivity index (χ1) is 10.6. The van der Waals surface area contributed by atoms with Crippen LogP contribution in [0.25, 0.3) is 0 Å². The number of hydrogen-bond donors (Lipinski definition) is 2. The van der Waals surface area contributed by atoms with E-state index in [9.17, 15) is 9.90 Å². The second kappa shape index (κ2) is 7.77. The zero-order valence-corrected chi connectivity index (χ0v) is 12.9. The maximum Gasteiger partial charge on any atom is 0.223 e. The number of rotatable bonds is 6. The number of carbonyl (C=O) groups is 1. The van der Waals surface area contributed by atoms with Crippen molar-refractivity contribution in [1.29, 1.82) is 0 Å². The molecule has 116 valence electrons. The Labute approximate surface area is 133 Å². The van der Waals surface area contributed by atoms with Crippen LogP contribution in [0.1, 0.15) is 23.7 Å². The molecule has 1 atom stereocenters. The Morgan fingerprint density at radius 3 is 2.77 bits per heavy atom. The van der Waals surface area contributed by atoms with E-state index in [0.717, 1.165) is 5.56 Å². The van der Waals surface area contributed by atoms with E-state index in [-0.39, 0.29) is 12.3 Å². The number of amides is 1. The van der Waals surface area contributed by atoms with Crippen LogP contribution in [-0.4, -0.2) is 23.1 Å². The van der Waals surface area contributed by atoms with E-state index in [4.69, 9.17) is 16.3 Å². The molecule has 0 aliphatic heterocycles. The largest absolute Gasteiger partial charge is 0.481 e. The van der Waals surface area contributed by atoms with Gasteiger partial charge in [0.15, 0.2) is 0 Å². The smallest absolute Gasteiger partial charge is 0.223 e. The van der Waals surface area contributed by atoms with Crippen molar-refractivity contribution in [2.75, 3.05) is 7.11 Å². The summed E-state index contributed by atoms with van der Waals surface area (Å²) in [5.41, 5.74) is 1.53. The Balaban J connectivity index is 1.85. The fourth-order valence-electron chi connectivity index (χ4n) is 1.92. The molecule has 0 saturated carbocycles. The monoisotopic (exact) mass is 320 g/mol. The van der Waals surface area contributed by atoms with Crippen molar-refractivity contribution in [3.05, 3.63) is 58.7 Å². The second-order valence-corrected chi connectivity index (χ2v) is 5.19. The van der Waals surface area contributed by atoms with Gasteiger partial charge in [0.1, 0.15) is 0 Å². The number of aliphatic hydroxyl groups is 1. The molecule has 2 rings (SSSR count). The number of aliphatic hydroxyl groups excluding tert-OH is 1. The van der Waals surface area contributed by atoms with E-state index in [1.807, 2.05) is 0 Å². The van der Waals surface area contributed by atoms with Crippen molar-refractivity contribution in [3.63, 3.8) is 0 Å². The summed E-state index contributed by atoms with van der Waals surface area (Å²) in [6.07, 6.45) is 0.747. The van der Waals surface area contributed by atoms with Gasteiger partial charge >= 0.3 is 0 Å². The first-order valence-corrected chi connectivity index (χ1v) is 7.15. The molecule has 1 aromatic heterocycles. The lowest BCUT2D eigenvalue weighted by molar-refractivity contribution is -0.123. The van der Waals surface area contributed by atoms with Crippen molar-refractivity contribution in [1.82, 2.24) is 10.3 Å². The highest BCUT2D eigenvalue weighted by Crippen LogP contribution is 2.19. The van der Waals surface area contributed by atoms with Gasteiger partial charge in [0.25, 0.3) is 0 Å². The predicted octanol–water partition coefficient (Wildman–Crippen LogP) is 2.48. The average molecular weight is 321 g/mol. The fourth-order valence-corrected chi connectivity index (χ4v) is 2.05. The summed E-state index contributed by atoms with van der Waals surface area (Å²) < 4.78 is 5.02. The third-order valence-electron chi connectivity index (χ3n) is 3.13. The minimum Gasteiger partial charge on any atom is -0.481 e. The first kappa shape index (κ1) is 16.3. The molecule has 0 fully saturated rings. The molecule has 6 heteroatoms. The van der Waals surface area contributed by atoms with Gasteiger partial charge in [-0.1, -0.05) is 23.7 Å². The van der Waals surface area contributed by atoms with Gasteiger partial charge in [-0.05, 0) is 29.3 Å². The van der Waals surface area contributed by atoms with Crippen molar-refractivity contribution < 1.29 is 14.6 Å². The number of methoxy groups -OCH3 is 1. The normalized spacial score (nSPS) is 11.8. The highest BCUT2D eigenvalue weighted by atomic mass is 35.5. The summed E-state index contributed by atoms with van der Waals surface area (Å²) in [6, 6.07) is 10.3. The zero-order valence-electron chi connectivity index (χ0n) is 12.1. The molecule has 0 aliphatic rings. The molecular formula is C16H17ClN2O3. The highest BCUT2D eigenvalue weighted by molar-refractivity contribution is 6.30. The lowest BCUT2D eigenvalue weighted by atomic mass is 10.1. The number of nitrogens with one attached hydrogen (secondary N) is 1. The van der Waals surface area contributed by atoms with Crippen LogP contribution in [0.2, 0.25) is 5.02 Å². The number of ether oxygens (including phenoxy) is 1. The number of hydrogen-bond acceptors (Lipinski definition) is 4. The Bertz CT molecular complexity index is 632. The average Bonchev–Trinajstić information content (AvgIpc) is 2.53. The molecule has 2 N–H and O–H groups in total. The number of pyridine rings is 1. The summed E-state index contributed by atoms with van der Waals surface area (Å²) in [7, 11) is 1.53. The van der Waals surface area contributed by atoms with E-state index in [0.29, 0.717) is 23.0 Å². The van der Waals surface area contributed by atoms with Crippen LogP contribution in [0, 0.1) is 0 Å². The number of nitrogens with zero attached hydrogens (tertiary/aromatic N) is 1. The lowest BCUT2D eigenvalue weighted by Crippen LogP contribution is -2.24. The lowest BCUT2D eigenvalue weighted by Gasteiger charge is -2.11. The van der Waals surface area contributed by atoms with Crippen LogP contribution in [0.5, 0.6) is 5.88 Å². The molecule has 1 unspecified atom stereocenters. The minimum atomic E-state index is -0.857. The first-order valence-electron chi connectivity index (χ1n) is 6.77. The summed E-state index contributed by atoms with van der Waals surface area (Å²) in [5.74, 6) is 0.256. The summed E-state index contributed by atoms with van der Waals surface area (Å²) >= 11 is 5.79. The van der Waals surface area contributed by atoms with Crippen LogP contribution in [0.15, 0.2) is 42.6 Å². The SMILES string of the molecule is COc1cc(CNC(=O)CC(O)c2ccc(Cl)cc2)ccn1. The van der Waals surface area contributed by atoms with E-state index in [2.05, 4.69) is 10.3 Å². The van der Waals surface area contributed by atoms with Gasteiger partial charge in [-0.15, -0.1) is 0 Å². The van der Waals surface area contributed by atoms with Gasteiger partial charge in [0.05, 0.1) is 19.6 Å². The van der Waals surface area contributed by atoms with Gasteiger partial charge in [0.2, 0.25) is 11.8 Å². The quantitative estimate of drug-likeness (QED) is 0.857. The fraction of sp³-hybridized carbons (Fsp3) is 0.250. The number of carbonyl (C=O) groups excluding carboxylic acids is 1. The Kier molecular flexibility index (Phi) is 5.75. The van der Waals surface area contributed by atoms with Crippen molar-refractivity contribution in [2.24, 2.45) is 0 Å². The summed E-state index contributed by atoms with van der Waals surface area (Å²) in [6.45, 7) is 0.352. The van der Waals surface area contributed by atoms with Crippen LogP contribution in [0.4, 0.5) is 0 Å². The molecule has 2 aromatic rings. The van der Waals surface area contributed by atoms with Gasteiger partial charge in [-0.25, -0.2) is 4.98 Å². The topological polar surface area (TPSA) is 71.5 Å². The number of benzene rings is 1. The van der Waals surface area contributed by atoms with Crippen LogP contribution in [-0.2, 0) is 11.3 Å². The van der Waals surface area contributed by atoms with Gasteiger partial charge in [-0.2, -0.15) is 0 Å². The molecular weight excluding hydrogens is 304 g/mol. The van der Waals surface area contributed by atoms with Gasteiger partial charge in [0, 0.05) is 23.8 Å². The van der Waals surface area contributed by atoms with Gasteiger partial charge in [-0.3, -0.25) is 4.79 Å². The molecule has 1 amide bonds. The molecule has 1 aromatic carbocycles. The molecule has 22 heavy (non-hydrogen) atoms. The number of halogens is 1. The molecule has 1 heterocycles. The standard InChI is InChI=1S/C16H17ClN2O3/c1-22-16-8-11(6-7-18-16)10-19-15(21)9-14(20)12-2-4-13(17)5-3-12/h2-8,14,20H,9-10H2,1H3,(H,19,21). The second-order valence-electron chi connectivity index (χ2n) is 4.75. The van der Waals surface area contributed by atoms with Crippen molar-refractivity contribution >= 4 is 17.5 Å². The molecule has 0 spiro atoms. The molecule has 0 radical (unpaired) electrons. The predicted molar refractivity (Wildman–Crippen MR) is 83.7 cm³/mol. The summed E-state index contributed by atoms with van der Waals surface area (Å²) in [4.78, 5) is 15.9. The van der Waals surface area contributed by atoms with Crippen LogP contribution < -0.4 is 10.1 Å². The Hall–Kier alpha value is -2.11. The number of aromatic nitrogens is 1. The van der Waals surface area contributed by atoms with E-state index < -0.39 is 6.10 Å². The maximum absolute atomic E-state index is 11.9. The van der Waals surface area contributed by atoms with Crippen LogP contribution in [0.3, 0.4) is 0 Å². The maximum atomic E-state index is 11.9. The van der Waals surface area contributed by atoms with E-state index in [1.54, 1.807) is 42.6 Å². The third-order valence-corrected chi connectivity index (χ3v) is 3.38. The van der Waals surface area contributed by atoms with Crippen LogP contribution >= 0.6 is 11.6 Å². The molecule has 0 bridgehead atoms. The molecule has 0 saturated heterocycles. The van der Waals surface area contributed by atoms with E-state index in [1.165, 1.54) is 7.11 Å². The third kappa shape index (κ3) is 4.72. The Morgan fingerprint density at radius 1 is 1.36 bits per heavy atom. The van der Waals surface area contributed by atoms with Crippen molar-refractivity contribution in [2.45, 2.75) is 19.1 Å². The Morgan fingerprint density at radius 2 is 2.09 bits per heavy atom. The molecule has 0 aliphatic carbocycles. The minimum absolute atomic E-state index is 0.0101.